The van der Waals surface area contributed by atoms with Crippen molar-refractivity contribution in [1.82, 2.24) is 14.8 Å². The molecule has 0 aliphatic carbocycles. The minimum absolute atomic E-state index is 0.268. The van der Waals surface area contributed by atoms with Gasteiger partial charge in [0.15, 0.2) is 0 Å². The summed E-state index contributed by atoms with van der Waals surface area (Å²) < 4.78 is 0. The van der Waals surface area contributed by atoms with Crippen molar-refractivity contribution < 1.29 is 5.11 Å². The van der Waals surface area contributed by atoms with E-state index < -0.39 is 0 Å². The van der Waals surface area contributed by atoms with Crippen LogP contribution in [0.2, 0.25) is 0 Å². The molecule has 1 fully saturated rings. The number of hydrogen-bond donors (Lipinski definition) is 1. The van der Waals surface area contributed by atoms with Crippen LogP contribution in [0, 0.1) is 0 Å². The number of nitrogens with zero attached hydrogens (tertiary/aromatic N) is 3. The monoisotopic (exact) mass is 285 g/mol. The molecule has 0 saturated carbocycles. The highest BCUT2D eigenvalue weighted by Crippen LogP contribution is 2.29. The molecule has 18 heavy (non-hydrogen) atoms. The van der Waals surface area contributed by atoms with Gasteiger partial charge in [-0.15, -0.1) is 0 Å². The highest BCUT2D eigenvalue weighted by molar-refractivity contribution is 8.76. The fraction of sp³-hybridized carbons (Fsp3) is 0.583. The number of aliphatic hydroxyl groups excluding tert-OH is 1. The number of aromatic nitrogens is 1. The first kappa shape index (κ1) is 14.1. The smallest absolute Gasteiger partial charge is 0.107 e. The number of hydrogen-bond acceptors (Lipinski definition) is 6. The molecule has 100 valence electrons. The van der Waals surface area contributed by atoms with Gasteiger partial charge in [-0.05, 0) is 22.9 Å². The zero-order valence-corrected chi connectivity index (χ0v) is 12.0. The molecule has 1 aromatic rings. The van der Waals surface area contributed by atoms with Crippen molar-refractivity contribution in [2.24, 2.45) is 0 Å². The molecule has 2 heterocycles. The standard InChI is InChI=1S/C12H19N3OS2/c16-10-9-14-5-7-15(8-6-14)11-17-18-12-3-1-2-4-13-12/h1-4,16H,5-11H2. The summed E-state index contributed by atoms with van der Waals surface area (Å²) >= 11 is 0. The predicted molar refractivity (Wildman–Crippen MR) is 77.7 cm³/mol. The van der Waals surface area contributed by atoms with Gasteiger partial charge >= 0.3 is 0 Å². The number of aliphatic hydroxyl groups is 1. The second kappa shape index (κ2) is 8.01. The summed E-state index contributed by atoms with van der Waals surface area (Å²) in [7, 11) is 3.58. The van der Waals surface area contributed by atoms with Crippen LogP contribution in [0.4, 0.5) is 0 Å². The molecule has 1 aromatic heterocycles. The molecule has 1 aliphatic rings. The fourth-order valence-electron chi connectivity index (χ4n) is 1.84. The summed E-state index contributed by atoms with van der Waals surface area (Å²) in [4.78, 5) is 9.05. The third-order valence-electron chi connectivity index (χ3n) is 2.90. The van der Waals surface area contributed by atoms with E-state index in [4.69, 9.17) is 5.11 Å². The van der Waals surface area contributed by atoms with Gasteiger partial charge in [-0.2, -0.15) is 0 Å². The minimum Gasteiger partial charge on any atom is -0.395 e. The Morgan fingerprint density at radius 3 is 2.61 bits per heavy atom. The van der Waals surface area contributed by atoms with Gasteiger partial charge in [-0.3, -0.25) is 9.80 Å². The van der Waals surface area contributed by atoms with Crippen LogP contribution in [0.15, 0.2) is 29.4 Å². The van der Waals surface area contributed by atoms with Gasteiger partial charge < -0.3 is 5.11 Å². The van der Waals surface area contributed by atoms with E-state index in [1.165, 1.54) is 0 Å². The van der Waals surface area contributed by atoms with Crippen molar-refractivity contribution in [2.75, 3.05) is 45.2 Å². The molecular weight excluding hydrogens is 266 g/mol. The van der Waals surface area contributed by atoms with Gasteiger partial charge in [0.25, 0.3) is 0 Å². The number of pyridine rings is 1. The van der Waals surface area contributed by atoms with E-state index in [1.54, 1.807) is 10.8 Å². The molecule has 0 spiro atoms. The van der Waals surface area contributed by atoms with Crippen LogP contribution < -0.4 is 0 Å². The Bertz CT molecular complexity index is 331. The Kier molecular flexibility index (Phi) is 6.30. The molecule has 1 N–H and O–H groups in total. The van der Waals surface area contributed by atoms with Crippen LogP contribution >= 0.6 is 21.6 Å². The molecule has 6 heteroatoms. The number of piperazine rings is 1. The largest absolute Gasteiger partial charge is 0.395 e. The molecule has 4 nitrogen and oxygen atoms in total. The molecule has 0 radical (unpaired) electrons. The average molecular weight is 285 g/mol. The van der Waals surface area contributed by atoms with Crippen molar-refractivity contribution in [3.05, 3.63) is 24.4 Å². The highest BCUT2D eigenvalue weighted by Gasteiger charge is 2.15. The zero-order valence-electron chi connectivity index (χ0n) is 10.4. The summed E-state index contributed by atoms with van der Waals surface area (Å²) in [6.07, 6.45) is 1.83. The van der Waals surface area contributed by atoms with E-state index in [0.717, 1.165) is 43.6 Å². The van der Waals surface area contributed by atoms with Crippen molar-refractivity contribution >= 4 is 21.6 Å². The van der Waals surface area contributed by atoms with Gasteiger partial charge in [0, 0.05) is 38.9 Å². The first-order valence-electron chi connectivity index (χ1n) is 6.14. The van der Waals surface area contributed by atoms with Crippen LogP contribution in [0.3, 0.4) is 0 Å². The van der Waals surface area contributed by atoms with Gasteiger partial charge in [-0.1, -0.05) is 16.9 Å². The quantitative estimate of drug-likeness (QED) is 0.797. The van der Waals surface area contributed by atoms with E-state index in [-0.39, 0.29) is 6.61 Å². The van der Waals surface area contributed by atoms with Crippen molar-refractivity contribution in [2.45, 2.75) is 5.03 Å². The molecule has 2 rings (SSSR count). The SMILES string of the molecule is OCCN1CCN(CSSc2ccccn2)CC1. The maximum Gasteiger partial charge on any atom is 0.107 e. The van der Waals surface area contributed by atoms with E-state index in [2.05, 4.69) is 14.8 Å². The van der Waals surface area contributed by atoms with Gasteiger partial charge in [-0.25, -0.2) is 4.98 Å². The van der Waals surface area contributed by atoms with E-state index in [1.807, 2.05) is 35.2 Å². The summed E-state index contributed by atoms with van der Waals surface area (Å²) in [6, 6.07) is 6.00. The molecule has 1 saturated heterocycles. The number of β-amino-alcohol motifs (C(OH)–C–C–N with tert-alkyl or cyclic N) is 1. The second-order valence-electron chi connectivity index (χ2n) is 4.18. The Balaban J connectivity index is 1.61. The van der Waals surface area contributed by atoms with E-state index >= 15 is 0 Å². The molecular formula is C12H19N3OS2. The molecule has 0 atom stereocenters. The fourth-order valence-corrected chi connectivity index (χ4v) is 3.92. The maximum atomic E-state index is 8.88. The average Bonchev–Trinajstić information content (AvgIpc) is 2.42. The van der Waals surface area contributed by atoms with Crippen molar-refractivity contribution in [3.63, 3.8) is 0 Å². The van der Waals surface area contributed by atoms with Crippen LogP contribution in [0.5, 0.6) is 0 Å². The van der Waals surface area contributed by atoms with Crippen LogP contribution in [0.1, 0.15) is 0 Å². The number of rotatable bonds is 6. The Morgan fingerprint density at radius 1 is 1.17 bits per heavy atom. The van der Waals surface area contributed by atoms with Crippen LogP contribution in [-0.2, 0) is 0 Å². The third kappa shape index (κ3) is 4.78. The summed E-state index contributed by atoms with van der Waals surface area (Å²) in [5, 5.41) is 9.95. The molecule has 0 bridgehead atoms. The van der Waals surface area contributed by atoms with Crippen LogP contribution in [0.25, 0.3) is 0 Å². The van der Waals surface area contributed by atoms with Gasteiger partial charge in [0.05, 0.1) is 12.5 Å². The Morgan fingerprint density at radius 2 is 1.94 bits per heavy atom. The zero-order chi connectivity index (χ0) is 12.6. The summed E-state index contributed by atoms with van der Waals surface area (Å²) in [5.41, 5.74) is 0. The highest BCUT2D eigenvalue weighted by atomic mass is 33.1. The lowest BCUT2D eigenvalue weighted by Gasteiger charge is -2.33. The summed E-state index contributed by atoms with van der Waals surface area (Å²) in [6.45, 7) is 5.39. The molecule has 1 aliphatic heterocycles. The summed E-state index contributed by atoms with van der Waals surface area (Å²) in [5.74, 6) is 1.04. The predicted octanol–water partition coefficient (Wildman–Crippen LogP) is 1.39. The van der Waals surface area contributed by atoms with Gasteiger partial charge in [0.1, 0.15) is 5.03 Å². The lowest BCUT2D eigenvalue weighted by Crippen LogP contribution is -2.46. The van der Waals surface area contributed by atoms with Gasteiger partial charge in [0.2, 0.25) is 0 Å². The first-order valence-corrected chi connectivity index (χ1v) is 8.46. The Hall–Kier alpha value is -0.270. The third-order valence-corrected chi connectivity index (χ3v) is 5.08. The maximum absolute atomic E-state index is 8.88. The molecule has 0 unspecified atom stereocenters. The lowest BCUT2D eigenvalue weighted by molar-refractivity contribution is 0.125. The molecule has 0 amide bonds. The second-order valence-corrected chi connectivity index (χ2v) is 6.47. The van der Waals surface area contributed by atoms with Crippen LogP contribution in [-0.4, -0.2) is 65.1 Å². The van der Waals surface area contributed by atoms with E-state index in [9.17, 15) is 0 Å². The minimum atomic E-state index is 0.268. The Labute approximate surface area is 116 Å². The van der Waals surface area contributed by atoms with Crippen molar-refractivity contribution in [3.8, 4) is 0 Å². The van der Waals surface area contributed by atoms with Crippen molar-refractivity contribution in [1.29, 1.82) is 0 Å². The molecule has 0 aromatic carbocycles. The van der Waals surface area contributed by atoms with E-state index in [0.29, 0.717) is 0 Å². The lowest BCUT2D eigenvalue weighted by atomic mass is 10.3. The topological polar surface area (TPSA) is 39.6 Å². The normalized spacial score (nSPS) is 18.1. The first-order chi connectivity index (χ1) is 8.88.